The van der Waals surface area contributed by atoms with Gasteiger partial charge in [-0.1, -0.05) is 32.3 Å². The maximum atomic E-state index is 6.60. The van der Waals surface area contributed by atoms with Gasteiger partial charge in [-0.15, -0.1) is 6.58 Å². The second kappa shape index (κ2) is 6.21. The van der Waals surface area contributed by atoms with Gasteiger partial charge in [0, 0.05) is 24.7 Å². The van der Waals surface area contributed by atoms with Crippen molar-refractivity contribution in [1.29, 1.82) is 0 Å². The van der Waals surface area contributed by atoms with Crippen LogP contribution in [0.5, 0.6) is 0 Å². The van der Waals surface area contributed by atoms with Crippen molar-refractivity contribution in [3.63, 3.8) is 0 Å². The Labute approximate surface area is 113 Å². The summed E-state index contributed by atoms with van der Waals surface area (Å²) in [5.74, 6) is 0.926. The van der Waals surface area contributed by atoms with Crippen LogP contribution in [0.3, 0.4) is 0 Å². The van der Waals surface area contributed by atoms with E-state index in [0.717, 1.165) is 12.5 Å². The molecule has 18 heavy (non-hydrogen) atoms. The van der Waals surface area contributed by atoms with Crippen LogP contribution in [0.1, 0.15) is 58.3 Å². The van der Waals surface area contributed by atoms with Crippen LogP contribution in [0, 0.1) is 5.92 Å². The molecule has 3 rings (SSSR count). The fraction of sp³-hybridized carbons (Fsp3) is 0.875. The fourth-order valence-corrected chi connectivity index (χ4v) is 4.07. The molecule has 1 aliphatic carbocycles. The lowest BCUT2D eigenvalue weighted by Gasteiger charge is -2.57. The summed E-state index contributed by atoms with van der Waals surface area (Å²) in [4.78, 5) is 2.65. The summed E-state index contributed by atoms with van der Waals surface area (Å²) in [5, 5.41) is 0. The molecule has 3 aliphatic rings. The van der Waals surface area contributed by atoms with Gasteiger partial charge in [0.25, 0.3) is 0 Å². The Morgan fingerprint density at radius 1 is 1.39 bits per heavy atom. The first-order chi connectivity index (χ1) is 8.73. The Morgan fingerprint density at radius 3 is 2.72 bits per heavy atom. The van der Waals surface area contributed by atoms with Crippen LogP contribution in [0.15, 0.2) is 12.7 Å². The predicted molar refractivity (Wildman–Crippen MR) is 78.6 cm³/mol. The summed E-state index contributed by atoms with van der Waals surface area (Å²) in [6.07, 6.45) is 12.6. The highest BCUT2D eigenvalue weighted by Crippen LogP contribution is 2.45. The Bertz CT molecular complexity index is 266. The maximum Gasteiger partial charge on any atom is 0.0364 e. The van der Waals surface area contributed by atoms with E-state index in [9.17, 15) is 0 Å². The summed E-state index contributed by atoms with van der Waals surface area (Å²) in [6.45, 7) is 8.47. The summed E-state index contributed by atoms with van der Waals surface area (Å²) in [7, 11) is 0. The van der Waals surface area contributed by atoms with Crippen molar-refractivity contribution in [3.8, 4) is 0 Å². The molecule has 2 N–H and O–H groups in total. The van der Waals surface area contributed by atoms with Gasteiger partial charge in [-0.05, 0) is 38.0 Å². The molecular weight excluding hydrogens is 220 g/mol. The normalized spacial score (nSPS) is 33.6. The molecule has 1 atom stereocenters. The number of hydrogen-bond acceptors (Lipinski definition) is 2. The van der Waals surface area contributed by atoms with Crippen LogP contribution >= 0.6 is 0 Å². The number of rotatable bonds is 7. The SMILES string of the molecule is C=CCN1CC2CCC1(C(N)CCCCC)CC2. The molecule has 0 amide bonds. The third kappa shape index (κ3) is 2.65. The number of piperidine rings is 2. The quantitative estimate of drug-likeness (QED) is 0.555. The van der Waals surface area contributed by atoms with Crippen LogP contribution in [0.4, 0.5) is 0 Å². The largest absolute Gasteiger partial charge is 0.326 e. The second-order valence-electron chi connectivity index (χ2n) is 6.34. The smallest absolute Gasteiger partial charge is 0.0364 e. The monoisotopic (exact) mass is 250 g/mol. The molecule has 1 saturated carbocycles. The highest BCUT2D eigenvalue weighted by atomic mass is 15.2. The molecule has 3 fully saturated rings. The molecule has 2 saturated heterocycles. The minimum Gasteiger partial charge on any atom is -0.326 e. The van der Waals surface area contributed by atoms with E-state index >= 15 is 0 Å². The topological polar surface area (TPSA) is 29.3 Å². The van der Waals surface area contributed by atoms with E-state index in [-0.39, 0.29) is 0 Å². The molecule has 2 heterocycles. The maximum absolute atomic E-state index is 6.60. The van der Waals surface area contributed by atoms with Crippen molar-refractivity contribution >= 4 is 0 Å². The van der Waals surface area contributed by atoms with Crippen molar-refractivity contribution in [2.24, 2.45) is 11.7 Å². The van der Waals surface area contributed by atoms with Crippen molar-refractivity contribution in [2.45, 2.75) is 69.9 Å². The third-order valence-corrected chi connectivity index (χ3v) is 5.24. The minimum absolute atomic E-state index is 0.302. The van der Waals surface area contributed by atoms with Gasteiger partial charge in [0.2, 0.25) is 0 Å². The summed E-state index contributed by atoms with van der Waals surface area (Å²) in [5.41, 5.74) is 6.91. The van der Waals surface area contributed by atoms with Crippen molar-refractivity contribution in [3.05, 3.63) is 12.7 Å². The van der Waals surface area contributed by atoms with E-state index in [4.69, 9.17) is 5.73 Å². The number of fused-ring (bicyclic) bond motifs is 3. The molecule has 1 unspecified atom stereocenters. The van der Waals surface area contributed by atoms with Crippen LogP contribution in [-0.2, 0) is 0 Å². The Hall–Kier alpha value is -0.340. The number of nitrogens with two attached hydrogens (primary N) is 1. The molecule has 0 aromatic rings. The number of hydrogen-bond donors (Lipinski definition) is 1. The predicted octanol–water partition coefficient (Wildman–Crippen LogP) is 3.32. The van der Waals surface area contributed by atoms with E-state index < -0.39 is 0 Å². The van der Waals surface area contributed by atoms with E-state index in [2.05, 4.69) is 24.5 Å². The molecule has 2 nitrogen and oxygen atoms in total. The Morgan fingerprint density at radius 2 is 2.11 bits per heavy atom. The molecular formula is C16H30N2. The first-order valence-corrected chi connectivity index (χ1v) is 7.84. The zero-order valence-electron chi connectivity index (χ0n) is 12.0. The summed E-state index contributed by atoms with van der Waals surface area (Å²) >= 11 is 0. The molecule has 0 spiro atoms. The molecule has 0 aromatic carbocycles. The van der Waals surface area contributed by atoms with Crippen LogP contribution in [0.2, 0.25) is 0 Å². The number of unbranched alkanes of at least 4 members (excludes halogenated alkanes) is 2. The molecule has 104 valence electrons. The van der Waals surface area contributed by atoms with Gasteiger partial charge in [0.05, 0.1) is 0 Å². The van der Waals surface area contributed by atoms with Gasteiger partial charge < -0.3 is 5.73 Å². The number of nitrogens with zero attached hydrogens (tertiary/aromatic N) is 1. The fourth-order valence-electron chi connectivity index (χ4n) is 4.07. The lowest BCUT2D eigenvalue weighted by atomic mass is 9.66. The first-order valence-electron chi connectivity index (χ1n) is 7.84. The van der Waals surface area contributed by atoms with Crippen molar-refractivity contribution < 1.29 is 0 Å². The molecule has 0 radical (unpaired) electrons. The van der Waals surface area contributed by atoms with Crippen LogP contribution < -0.4 is 5.73 Å². The van der Waals surface area contributed by atoms with Gasteiger partial charge in [-0.2, -0.15) is 0 Å². The van der Waals surface area contributed by atoms with E-state index in [1.807, 2.05) is 0 Å². The lowest BCUT2D eigenvalue weighted by molar-refractivity contribution is -0.0450. The van der Waals surface area contributed by atoms with Crippen LogP contribution in [-0.4, -0.2) is 29.6 Å². The zero-order chi connectivity index (χ0) is 13.0. The zero-order valence-corrected chi connectivity index (χ0v) is 12.0. The van der Waals surface area contributed by atoms with Gasteiger partial charge in [0.15, 0.2) is 0 Å². The van der Waals surface area contributed by atoms with Crippen molar-refractivity contribution in [1.82, 2.24) is 4.90 Å². The van der Waals surface area contributed by atoms with Crippen LogP contribution in [0.25, 0.3) is 0 Å². The second-order valence-corrected chi connectivity index (χ2v) is 6.34. The molecule has 2 bridgehead atoms. The average Bonchev–Trinajstić information content (AvgIpc) is 2.41. The van der Waals surface area contributed by atoms with Gasteiger partial charge >= 0.3 is 0 Å². The highest BCUT2D eigenvalue weighted by Gasteiger charge is 2.48. The van der Waals surface area contributed by atoms with Gasteiger partial charge in [-0.25, -0.2) is 0 Å². The highest BCUT2D eigenvalue weighted by molar-refractivity contribution is 5.07. The van der Waals surface area contributed by atoms with E-state index in [1.54, 1.807) is 0 Å². The van der Waals surface area contributed by atoms with E-state index in [0.29, 0.717) is 11.6 Å². The molecule has 0 aromatic heterocycles. The summed E-state index contributed by atoms with van der Waals surface area (Å²) in [6, 6.07) is 0.366. The minimum atomic E-state index is 0.302. The Kier molecular flexibility index (Phi) is 4.85. The Balaban J connectivity index is 2.01. The first kappa shape index (κ1) is 14.1. The van der Waals surface area contributed by atoms with Gasteiger partial charge in [0.1, 0.15) is 0 Å². The van der Waals surface area contributed by atoms with Gasteiger partial charge in [-0.3, -0.25) is 4.90 Å². The average molecular weight is 250 g/mol. The summed E-state index contributed by atoms with van der Waals surface area (Å²) < 4.78 is 0. The third-order valence-electron chi connectivity index (χ3n) is 5.24. The molecule has 2 aliphatic heterocycles. The van der Waals surface area contributed by atoms with Crippen molar-refractivity contribution in [2.75, 3.05) is 13.1 Å². The molecule has 2 heteroatoms. The van der Waals surface area contributed by atoms with E-state index in [1.165, 1.54) is 57.9 Å². The lowest BCUT2D eigenvalue weighted by Crippen LogP contribution is -2.66. The standard InChI is InChI=1S/C16H30N2/c1-3-5-6-7-15(17)16-10-8-14(9-11-16)13-18(16)12-4-2/h4,14-15H,2-3,5-13,17H2,1H3.